The smallest absolute Gasteiger partial charge is 0.134 e. The van der Waals surface area contributed by atoms with Gasteiger partial charge in [-0.1, -0.05) is 52.4 Å². The van der Waals surface area contributed by atoms with Gasteiger partial charge >= 0.3 is 0 Å². The van der Waals surface area contributed by atoms with Gasteiger partial charge in [-0.15, -0.1) is 11.6 Å². The van der Waals surface area contributed by atoms with Crippen LogP contribution in [0.4, 0.5) is 0 Å². The van der Waals surface area contributed by atoms with Gasteiger partial charge in [-0.25, -0.2) is 0 Å². The predicted octanol–water partition coefficient (Wildman–Crippen LogP) is 5.43. The Morgan fingerprint density at radius 2 is 1.64 bits per heavy atom. The molecule has 2 unspecified atom stereocenters. The third kappa shape index (κ3) is 8.53. The molecule has 2 nitrogen and oxygen atoms in total. The normalized spacial score (nSPS) is 22.6. The average Bonchev–Trinajstić information content (AvgIpc) is 3.05. The number of ketones is 1. The molecule has 2 rings (SSSR count). The topological polar surface area (TPSA) is 20.3 Å². The molecule has 2 aliphatic rings. The Morgan fingerprint density at radius 3 is 2.18 bits per heavy atom. The maximum Gasteiger partial charge on any atom is 0.134 e. The zero-order chi connectivity index (χ0) is 16.2. The predicted molar refractivity (Wildman–Crippen MR) is 96.7 cm³/mol. The first kappa shape index (κ1) is 20.0. The Balaban J connectivity index is 0.000000406. The van der Waals surface area contributed by atoms with E-state index in [1.165, 1.54) is 51.4 Å². The van der Waals surface area contributed by atoms with Crippen LogP contribution in [0.15, 0.2) is 0 Å². The lowest BCUT2D eigenvalue weighted by Gasteiger charge is -2.29. The van der Waals surface area contributed by atoms with Crippen LogP contribution in [-0.2, 0) is 4.79 Å². The lowest BCUT2D eigenvalue weighted by molar-refractivity contribution is -0.118. The van der Waals surface area contributed by atoms with Crippen molar-refractivity contribution in [2.75, 3.05) is 19.0 Å². The average molecular weight is 330 g/mol. The summed E-state index contributed by atoms with van der Waals surface area (Å²) in [5, 5.41) is 0. The van der Waals surface area contributed by atoms with Crippen molar-refractivity contribution in [3.63, 3.8) is 0 Å². The maximum atomic E-state index is 11.4. The van der Waals surface area contributed by atoms with Gasteiger partial charge in [0.2, 0.25) is 0 Å². The van der Waals surface area contributed by atoms with E-state index in [1.807, 2.05) is 0 Å². The summed E-state index contributed by atoms with van der Waals surface area (Å²) >= 11 is 6.09. The Morgan fingerprint density at radius 1 is 1.00 bits per heavy atom. The number of halogens is 1. The van der Waals surface area contributed by atoms with E-state index in [-0.39, 0.29) is 0 Å². The summed E-state index contributed by atoms with van der Waals surface area (Å²) in [4.78, 5) is 13.8. The Labute approximate surface area is 143 Å². The second-order valence-electron chi connectivity index (χ2n) is 7.09. The van der Waals surface area contributed by atoms with E-state index in [0.717, 1.165) is 38.3 Å². The maximum absolute atomic E-state index is 11.4. The lowest BCUT2D eigenvalue weighted by atomic mass is 9.99. The molecular weight excluding hydrogens is 294 g/mol. The fourth-order valence-electron chi connectivity index (χ4n) is 3.27. The molecule has 0 bridgehead atoms. The highest BCUT2D eigenvalue weighted by Gasteiger charge is 2.21. The molecule has 2 fully saturated rings. The fourth-order valence-corrected chi connectivity index (χ4v) is 3.62. The number of likely N-dealkylation sites (tertiary alicyclic amines) is 1. The van der Waals surface area contributed by atoms with Crippen molar-refractivity contribution < 1.29 is 4.79 Å². The van der Waals surface area contributed by atoms with Gasteiger partial charge in [0.05, 0.1) is 0 Å². The van der Waals surface area contributed by atoms with E-state index in [1.54, 1.807) is 0 Å². The van der Waals surface area contributed by atoms with Crippen molar-refractivity contribution in [2.24, 2.45) is 5.92 Å². The third-order valence-corrected chi connectivity index (χ3v) is 5.57. The third-order valence-electron chi connectivity index (χ3n) is 5.21. The van der Waals surface area contributed by atoms with E-state index in [9.17, 15) is 4.79 Å². The molecule has 1 aliphatic carbocycles. The molecule has 0 spiro atoms. The van der Waals surface area contributed by atoms with E-state index < -0.39 is 0 Å². The minimum absolute atomic E-state index is 0.419. The highest BCUT2D eigenvalue weighted by Crippen LogP contribution is 2.19. The molecule has 0 radical (unpaired) electrons. The van der Waals surface area contributed by atoms with Crippen molar-refractivity contribution >= 4 is 17.4 Å². The van der Waals surface area contributed by atoms with Gasteiger partial charge in [-0.05, 0) is 31.7 Å². The van der Waals surface area contributed by atoms with Crippen LogP contribution in [0.25, 0.3) is 0 Å². The largest absolute Gasteiger partial charge is 0.300 e. The molecule has 3 heteroatoms. The molecular formula is C19H36ClNO. The zero-order valence-corrected chi connectivity index (χ0v) is 15.5. The molecule has 130 valence electrons. The molecule has 0 aromatic heterocycles. The summed E-state index contributed by atoms with van der Waals surface area (Å²) < 4.78 is 0. The Bertz CT molecular complexity index is 284. The summed E-state index contributed by atoms with van der Waals surface area (Å²) in [5.41, 5.74) is 0. The van der Waals surface area contributed by atoms with Gasteiger partial charge in [-0.2, -0.15) is 0 Å². The van der Waals surface area contributed by atoms with Crippen molar-refractivity contribution in [2.45, 2.75) is 90.5 Å². The molecule has 0 amide bonds. The highest BCUT2D eigenvalue weighted by molar-refractivity contribution is 6.18. The number of hydrogen-bond donors (Lipinski definition) is 0. The van der Waals surface area contributed by atoms with Crippen LogP contribution in [0.5, 0.6) is 0 Å². The monoisotopic (exact) mass is 329 g/mol. The SMILES string of the molecule is C1CCCC1.CCC(C)CCC(CCl)N1CCCC(=O)CC1. The van der Waals surface area contributed by atoms with Gasteiger partial charge in [-0.3, -0.25) is 9.69 Å². The molecule has 22 heavy (non-hydrogen) atoms. The minimum atomic E-state index is 0.419. The highest BCUT2D eigenvalue weighted by atomic mass is 35.5. The van der Waals surface area contributed by atoms with Crippen LogP contribution in [0.2, 0.25) is 0 Å². The molecule has 1 saturated carbocycles. The number of carbonyl (C=O) groups excluding carboxylic acids is 1. The van der Waals surface area contributed by atoms with E-state index >= 15 is 0 Å². The molecule has 0 aromatic rings. The van der Waals surface area contributed by atoms with Crippen molar-refractivity contribution in [1.82, 2.24) is 4.90 Å². The molecule has 0 aromatic carbocycles. The van der Waals surface area contributed by atoms with Crippen LogP contribution >= 0.6 is 11.6 Å². The first-order chi connectivity index (χ1) is 10.7. The van der Waals surface area contributed by atoms with E-state index in [2.05, 4.69) is 18.7 Å². The Hall–Kier alpha value is -0.0800. The molecule has 1 heterocycles. The van der Waals surface area contributed by atoms with Crippen LogP contribution in [0, 0.1) is 5.92 Å². The van der Waals surface area contributed by atoms with E-state index in [0.29, 0.717) is 17.7 Å². The summed E-state index contributed by atoms with van der Waals surface area (Å²) in [6.07, 6.45) is 13.7. The number of alkyl halides is 1. The summed E-state index contributed by atoms with van der Waals surface area (Å²) in [6.45, 7) is 6.50. The summed E-state index contributed by atoms with van der Waals surface area (Å²) in [5.74, 6) is 1.90. The van der Waals surface area contributed by atoms with Gasteiger partial charge in [0, 0.05) is 31.3 Å². The van der Waals surface area contributed by atoms with Crippen molar-refractivity contribution in [3.8, 4) is 0 Å². The lowest BCUT2D eigenvalue weighted by Crippen LogP contribution is -2.37. The first-order valence-electron chi connectivity index (χ1n) is 9.49. The van der Waals surface area contributed by atoms with Crippen LogP contribution in [0.1, 0.15) is 84.5 Å². The van der Waals surface area contributed by atoms with Gasteiger partial charge < -0.3 is 0 Å². The number of Topliss-reactive ketones (excluding diaryl/α,β-unsaturated/α-hetero) is 1. The number of carbonyl (C=O) groups is 1. The minimum Gasteiger partial charge on any atom is -0.300 e. The summed E-state index contributed by atoms with van der Waals surface area (Å²) in [7, 11) is 0. The van der Waals surface area contributed by atoms with Gasteiger partial charge in [0.1, 0.15) is 5.78 Å². The molecule has 2 atom stereocenters. The standard InChI is InChI=1S/C14H26ClNO.C5H10/c1-3-12(2)6-7-13(11-15)16-9-4-5-14(17)8-10-16;1-2-4-5-3-1/h12-13H,3-11H2,1-2H3;1-5H2. The quantitative estimate of drug-likeness (QED) is 0.606. The molecule has 0 N–H and O–H groups in total. The molecule has 1 saturated heterocycles. The first-order valence-corrected chi connectivity index (χ1v) is 10.0. The van der Waals surface area contributed by atoms with Crippen LogP contribution in [-0.4, -0.2) is 35.7 Å². The zero-order valence-electron chi connectivity index (χ0n) is 14.8. The van der Waals surface area contributed by atoms with Gasteiger partial charge in [0.15, 0.2) is 0 Å². The van der Waals surface area contributed by atoms with Crippen molar-refractivity contribution in [1.29, 1.82) is 0 Å². The van der Waals surface area contributed by atoms with Gasteiger partial charge in [0.25, 0.3) is 0 Å². The number of rotatable bonds is 6. The summed E-state index contributed by atoms with van der Waals surface area (Å²) in [6, 6.07) is 0.469. The van der Waals surface area contributed by atoms with Crippen LogP contribution in [0.3, 0.4) is 0 Å². The van der Waals surface area contributed by atoms with Crippen molar-refractivity contribution in [3.05, 3.63) is 0 Å². The number of hydrogen-bond acceptors (Lipinski definition) is 2. The number of nitrogens with zero attached hydrogens (tertiary/aromatic N) is 1. The Kier molecular flexibility index (Phi) is 11.2. The van der Waals surface area contributed by atoms with E-state index in [4.69, 9.17) is 11.6 Å². The fraction of sp³-hybridized carbons (Fsp3) is 0.947. The van der Waals surface area contributed by atoms with Crippen LogP contribution < -0.4 is 0 Å². The second kappa shape index (κ2) is 12.4. The second-order valence-corrected chi connectivity index (χ2v) is 7.40. The molecule has 1 aliphatic heterocycles.